The van der Waals surface area contributed by atoms with E-state index in [2.05, 4.69) is 29.4 Å². The van der Waals surface area contributed by atoms with Crippen LogP contribution in [0.25, 0.3) is 11.3 Å². The molecule has 0 aliphatic carbocycles. The van der Waals surface area contributed by atoms with Crippen molar-refractivity contribution >= 4 is 28.2 Å². The summed E-state index contributed by atoms with van der Waals surface area (Å²) in [5.41, 5.74) is 2.72. The Kier molecular flexibility index (Phi) is 5.38. The van der Waals surface area contributed by atoms with Crippen molar-refractivity contribution < 1.29 is 4.79 Å². The van der Waals surface area contributed by atoms with Gasteiger partial charge in [0.25, 0.3) is 0 Å². The number of carbonyl (C=O) groups is 1. The van der Waals surface area contributed by atoms with E-state index < -0.39 is 0 Å². The minimum absolute atomic E-state index is 0.140. The van der Waals surface area contributed by atoms with Gasteiger partial charge in [0.05, 0.1) is 5.69 Å². The summed E-state index contributed by atoms with van der Waals surface area (Å²) in [6.45, 7) is 6.15. The molecule has 5 nitrogen and oxygen atoms in total. The summed E-state index contributed by atoms with van der Waals surface area (Å²) in [5, 5.41) is 5.94. The maximum absolute atomic E-state index is 11.7. The van der Waals surface area contributed by atoms with Gasteiger partial charge in [-0.1, -0.05) is 12.1 Å². The number of aromatic nitrogens is 1. The normalized spacial score (nSPS) is 10.4. The van der Waals surface area contributed by atoms with E-state index in [1.165, 1.54) is 4.90 Å². The van der Waals surface area contributed by atoms with E-state index in [0.717, 1.165) is 35.2 Å². The Bertz CT molecular complexity index is 635. The molecule has 1 aromatic carbocycles. The average Bonchev–Trinajstić information content (AvgIpc) is 2.98. The Hall–Kier alpha value is -2.08. The SMILES string of the molecule is CCN(CC)c1nc(-c2cccc(NC(=O)N(C)C)c2)cs1. The second-order valence-electron chi connectivity index (χ2n) is 5.09. The number of benzene rings is 1. The zero-order valence-corrected chi connectivity index (χ0v) is 14.3. The largest absolute Gasteiger partial charge is 0.349 e. The lowest BCUT2D eigenvalue weighted by Gasteiger charge is -2.16. The smallest absolute Gasteiger partial charge is 0.321 e. The predicted molar refractivity (Wildman–Crippen MR) is 93.8 cm³/mol. The fourth-order valence-electron chi connectivity index (χ4n) is 2.03. The van der Waals surface area contributed by atoms with Crippen LogP contribution in [0.5, 0.6) is 0 Å². The van der Waals surface area contributed by atoms with Crippen molar-refractivity contribution in [1.29, 1.82) is 0 Å². The topological polar surface area (TPSA) is 48.5 Å². The first-order valence-corrected chi connectivity index (χ1v) is 8.22. The molecule has 2 amide bonds. The molecule has 1 N–H and O–H groups in total. The molecule has 0 saturated carbocycles. The Labute approximate surface area is 135 Å². The number of nitrogens with zero attached hydrogens (tertiary/aromatic N) is 3. The summed E-state index contributed by atoms with van der Waals surface area (Å²) in [7, 11) is 3.44. The van der Waals surface area contributed by atoms with Gasteiger partial charge in [-0.2, -0.15) is 0 Å². The number of hydrogen-bond donors (Lipinski definition) is 1. The van der Waals surface area contributed by atoms with E-state index in [4.69, 9.17) is 4.98 Å². The fourth-order valence-corrected chi connectivity index (χ4v) is 2.99. The third kappa shape index (κ3) is 3.76. The van der Waals surface area contributed by atoms with Crippen molar-refractivity contribution in [3.63, 3.8) is 0 Å². The summed E-state index contributed by atoms with van der Waals surface area (Å²) in [4.78, 5) is 20.2. The lowest BCUT2D eigenvalue weighted by atomic mass is 10.1. The fraction of sp³-hybridized carbons (Fsp3) is 0.375. The molecule has 0 bridgehead atoms. The van der Waals surface area contributed by atoms with Crippen molar-refractivity contribution in [1.82, 2.24) is 9.88 Å². The van der Waals surface area contributed by atoms with Gasteiger partial charge in [0.1, 0.15) is 0 Å². The van der Waals surface area contributed by atoms with Crippen LogP contribution in [0.2, 0.25) is 0 Å². The molecular formula is C16H22N4OS. The first-order chi connectivity index (χ1) is 10.5. The van der Waals surface area contributed by atoms with E-state index in [1.807, 2.05) is 24.3 Å². The van der Waals surface area contributed by atoms with Gasteiger partial charge in [-0.3, -0.25) is 0 Å². The van der Waals surface area contributed by atoms with E-state index in [0.29, 0.717) is 0 Å². The summed E-state index contributed by atoms with van der Waals surface area (Å²) in [6.07, 6.45) is 0. The highest BCUT2D eigenvalue weighted by Gasteiger charge is 2.10. The molecule has 0 aliphatic rings. The van der Waals surface area contributed by atoms with Crippen molar-refractivity contribution in [3.8, 4) is 11.3 Å². The molecule has 0 fully saturated rings. The molecule has 2 rings (SSSR count). The van der Waals surface area contributed by atoms with Crippen LogP contribution in [0.4, 0.5) is 15.6 Å². The quantitative estimate of drug-likeness (QED) is 0.913. The number of amides is 2. The van der Waals surface area contributed by atoms with Crippen molar-refractivity contribution in [2.24, 2.45) is 0 Å². The summed E-state index contributed by atoms with van der Waals surface area (Å²) in [5.74, 6) is 0. The van der Waals surface area contributed by atoms with Crippen LogP contribution >= 0.6 is 11.3 Å². The Morgan fingerprint density at radius 1 is 1.27 bits per heavy atom. The Balaban J connectivity index is 2.21. The van der Waals surface area contributed by atoms with Crippen LogP contribution in [0.1, 0.15) is 13.8 Å². The molecule has 1 heterocycles. The van der Waals surface area contributed by atoms with Gasteiger partial charge < -0.3 is 15.1 Å². The van der Waals surface area contributed by atoms with E-state index in [-0.39, 0.29) is 6.03 Å². The Morgan fingerprint density at radius 3 is 2.64 bits per heavy atom. The number of urea groups is 1. The van der Waals surface area contributed by atoms with Crippen molar-refractivity contribution in [2.45, 2.75) is 13.8 Å². The van der Waals surface area contributed by atoms with Gasteiger partial charge in [-0.25, -0.2) is 9.78 Å². The van der Waals surface area contributed by atoms with Gasteiger partial charge in [0.2, 0.25) is 0 Å². The highest BCUT2D eigenvalue weighted by atomic mass is 32.1. The molecule has 0 atom stereocenters. The van der Waals surface area contributed by atoms with Gasteiger partial charge in [-0.05, 0) is 26.0 Å². The first kappa shape index (κ1) is 16.3. The van der Waals surface area contributed by atoms with Crippen LogP contribution in [-0.4, -0.2) is 43.1 Å². The Morgan fingerprint density at radius 2 is 2.00 bits per heavy atom. The number of thiazole rings is 1. The van der Waals surface area contributed by atoms with Gasteiger partial charge in [0.15, 0.2) is 5.13 Å². The second kappa shape index (κ2) is 7.26. The van der Waals surface area contributed by atoms with E-state index in [9.17, 15) is 4.79 Å². The highest BCUT2D eigenvalue weighted by Crippen LogP contribution is 2.28. The van der Waals surface area contributed by atoms with Gasteiger partial charge in [-0.15, -0.1) is 11.3 Å². The zero-order chi connectivity index (χ0) is 16.1. The first-order valence-electron chi connectivity index (χ1n) is 7.34. The molecular weight excluding hydrogens is 296 g/mol. The molecule has 0 saturated heterocycles. The number of nitrogens with one attached hydrogen (secondary N) is 1. The number of hydrogen-bond acceptors (Lipinski definition) is 4. The van der Waals surface area contributed by atoms with E-state index in [1.54, 1.807) is 25.4 Å². The summed E-state index contributed by atoms with van der Waals surface area (Å²) in [6, 6.07) is 7.62. The molecule has 0 aliphatic heterocycles. The van der Waals surface area contributed by atoms with Crippen molar-refractivity contribution in [3.05, 3.63) is 29.6 Å². The number of anilines is 2. The third-order valence-corrected chi connectivity index (χ3v) is 4.24. The molecule has 0 spiro atoms. The highest BCUT2D eigenvalue weighted by molar-refractivity contribution is 7.14. The summed E-state index contributed by atoms with van der Waals surface area (Å²) < 4.78 is 0. The van der Waals surface area contributed by atoms with Crippen LogP contribution in [0.15, 0.2) is 29.6 Å². The minimum atomic E-state index is -0.140. The van der Waals surface area contributed by atoms with E-state index >= 15 is 0 Å². The van der Waals surface area contributed by atoms with Crippen LogP contribution in [-0.2, 0) is 0 Å². The molecule has 2 aromatic rings. The molecule has 6 heteroatoms. The van der Waals surface area contributed by atoms with Gasteiger partial charge >= 0.3 is 6.03 Å². The van der Waals surface area contributed by atoms with Crippen LogP contribution in [0.3, 0.4) is 0 Å². The lowest BCUT2D eigenvalue weighted by Crippen LogP contribution is -2.27. The molecule has 0 unspecified atom stereocenters. The second-order valence-corrected chi connectivity index (χ2v) is 5.93. The number of carbonyl (C=O) groups excluding carboxylic acids is 1. The summed E-state index contributed by atoms with van der Waals surface area (Å²) >= 11 is 1.65. The number of rotatable bonds is 5. The van der Waals surface area contributed by atoms with Crippen LogP contribution in [0, 0.1) is 0 Å². The standard InChI is InChI=1S/C16H22N4OS/c1-5-20(6-2)16-18-14(11-22-16)12-8-7-9-13(10-12)17-15(21)19(3)4/h7-11H,5-6H2,1-4H3,(H,17,21). The monoisotopic (exact) mass is 318 g/mol. The third-order valence-electron chi connectivity index (χ3n) is 3.34. The molecule has 118 valence electrons. The maximum Gasteiger partial charge on any atom is 0.321 e. The lowest BCUT2D eigenvalue weighted by molar-refractivity contribution is 0.230. The molecule has 22 heavy (non-hydrogen) atoms. The van der Waals surface area contributed by atoms with Crippen molar-refractivity contribution in [2.75, 3.05) is 37.4 Å². The average molecular weight is 318 g/mol. The minimum Gasteiger partial charge on any atom is -0.349 e. The predicted octanol–water partition coefficient (Wildman–Crippen LogP) is 3.75. The molecule has 0 radical (unpaired) electrons. The maximum atomic E-state index is 11.7. The molecule has 1 aromatic heterocycles. The van der Waals surface area contributed by atoms with Gasteiger partial charge in [0, 0.05) is 43.8 Å². The zero-order valence-electron chi connectivity index (χ0n) is 13.5. The van der Waals surface area contributed by atoms with Crippen LogP contribution < -0.4 is 10.2 Å².